The molecule has 1 heterocycles. The van der Waals surface area contributed by atoms with Crippen molar-refractivity contribution in [2.24, 2.45) is 0 Å². The summed E-state index contributed by atoms with van der Waals surface area (Å²) >= 11 is 0. The van der Waals surface area contributed by atoms with Crippen LogP contribution in [0.2, 0.25) is 0 Å². The first-order valence-electron chi connectivity index (χ1n) is 10.6. The molecule has 176 valence electrons. The third-order valence-electron chi connectivity index (χ3n) is 5.44. The van der Waals surface area contributed by atoms with Gasteiger partial charge in [-0.05, 0) is 31.5 Å². The summed E-state index contributed by atoms with van der Waals surface area (Å²) in [6.45, 7) is 2.69. The molecule has 0 radical (unpaired) electrons. The summed E-state index contributed by atoms with van der Waals surface area (Å²) in [5.41, 5.74) is 1.52. The zero-order chi connectivity index (χ0) is 25.1. The molecule has 0 bridgehead atoms. The second kappa shape index (κ2) is 9.60. The van der Waals surface area contributed by atoms with Crippen molar-refractivity contribution in [1.29, 1.82) is 0 Å². The van der Waals surface area contributed by atoms with Crippen LogP contribution in [-0.4, -0.2) is 23.4 Å². The Kier molecular flexibility index (Phi) is 6.41. The highest BCUT2D eigenvalue weighted by Crippen LogP contribution is 2.27. The van der Waals surface area contributed by atoms with Gasteiger partial charge in [-0.15, -0.1) is 0 Å². The molecule has 3 aromatic carbocycles. The number of nitrogens with one attached hydrogen (secondary N) is 1. The molecule has 0 aliphatic rings. The van der Waals surface area contributed by atoms with Crippen LogP contribution in [0.5, 0.6) is 0 Å². The number of ether oxygens (including phenoxy) is 1. The van der Waals surface area contributed by atoms with E-state index in [1.54, 1.807) is 44.2 Å². The largest absolute Gasteiger partial charge is 0.455 e. The molecule has 0 aliphatic heterocycles. The molecule has 0 fully saturated rings. The Morgan fingerprint density at radius 2 is 1.77 bits per heavy atom. The molecule has 9 nitrogen and oxygen atoms in total. The van der Waals surface area contributed by atoms with E-state index < -0.39 is 23.4 Å². The smallest absolute Gasteiger partial charge is 0.342 e. The van der Waals surface area contributed by atoms with Gasteiger partial charge in [0.2, 0.25) is 0 Å². The number of para-hydroxylation sites is 1. The maximum Gasteiger partial charge on any atom is 0.342 e. The van der Waals surface area contributed by atoms with Gasteiger partial charge in [0.15, 0.2) is 17.6 Å². The van der Waals surface area contributed by atoms with Gasteiger partial charge in [0.05, 0.1) is 16.0 Å². The topological polar surface area (TPSA) is 129 Å². The predicted molar refractivity (Wildman–Crippen MR) is 129 cm³/mol. The third kappa shape index (κ3) is 4.79. The molecule has 1 N–H and O–H groups in total. The molecular formula is C26H20N2O7. The van der Waals surface area contributed by atoms with Gasteiger partial charge in [-0.25, -0.2) is 4.79 Å². The highest BCUT2D eigenvalue weighted by Gasteiger charge is 2.20. The maximum atomic E-state index is 12.9. The van der Waals surface area contributed by atoms with Crippen LogP contribution in [-0.2, 0) is 9.53 Å². The average Bonchev–Trinajstić information content (AvgIpc) is 2.86. The average molecular weight is 472 g/mol. The minimum atomic E-state index is -0.854. The van der Waals surface area contributed by atoms with E-state index in [4.69, 9.17) is 9.15 Å². The van der Waals surface area contributed by atoms with Gasteiger partial charge in [-0.1, -0.05) is 42.5 Å². The molecule has 4 aromatic rings. The molecule has 4 rings (SSSR count). The zero-order valence-corrected chi connectivity index (χ0v) is 18.9. The Labute approximate surface area is 199 Å². The Bertz CT molecular complexity index is 1520. The number of nitro benzene ring substituents is 1. The normalized spacial score (nSPS) is 10.7. The molecule has 0 unspecified atom stereocenters. The molecule has 35 heavy (non-hydrogen) atoms. The first-order chi connectivity index (χ1) is 16.8. The number of carbonyl (C=O) groups is 2. The number of rotatable bonds is 6. The lowest BCUT2D eigenvalue weighted by atomic mass is 10.0. The summed E-state index contributed by atoms with van der Waals surface area (Å²) in [5, 5.41) is 13.7. The standard InChI is InChI=1S/C26H20N2O7/c1-15-11-12-18(28(32)33)13-21(15)27-22(29)14-34-26(31)20-10-6-9-19-23(30)16(2)24(35-25(19)20)17-7-4-3-5-8-17/h3-13H,14H2,1-2H3,(H,27,29). The van der Waals surface area contributed by atoms with Crippen LogP contribution in [0.1, 0.15) is 21.5 Å². The molecule has 0 saturated carbocycles. The van der Waals surface area contributed by atoms with Crippen molar-refractivity contribution in [3.63, 3.8) is 0 Å². The summed E-state index contributed by atoms with van der Waals surface area (Å²) < 4.78 is 11.2. The zero-order valence-electron chi connectivity index (χ0n) is 18.9. The minimum absolute atomic E-state index is 0.00360. The molecule has 1 amide bonds. The highest BCUT2D eigenvalue weighted by atomic mass is 16.6. The summed E-state index contributed by atoms with van der Waals surface area (Å²) in [6.07, 6.45) is 0. The first-order valence-corrected chi connectivity index (χ1v) is 10.6. The van der Waals surface area contributed by atoms with E-state index in [1.807, 2.05) is 6.07 Å². The van der Waals surface area contributed by atoms with Crippen LogP contribution in [0.4, 0.5) is 11.4 Å². The van der Waals surface area contributed by atoms with Gasteiger partial charge in [0.25, 0.3) is 11.6 Å². The Morgan fingerprint density at radius 3 is 2.49 bits per heavy atom. The lowest BCUT2D eigenvalue weighted by molar-refractivity contribution is -0.384. The third-order valence-corrected chi connectivity index (χ3v) is 5.44. The first kappa shape index (κ1) is 23.4. The summed E-state index contributed by atoms with van der Waals surface area (Å²) in [5.74, 6) is -1.20. The van der Waals surface area contributed by atoms with Crippen LogP contribution in [0.15, 0.2) is 75.9 Å². The van der Waals surface area contributed by atoms with E-state index in [9.17, 15) is 24.5 Å². The van der Waals surface area contributed by atoms with Crippen LogP contribution in [0.3, 0.4) is 0 Å². The summed E-state index contributed by atoms with van der Waals surface area (Å²) in [7, 11) is 0. The number of hydrogen-bond donors (Lipinski definition) is 1. The molecule has 0 saturated heterocycles. The molecule has 9 heteroatoms. The van der Waals surface area contributed by atoms with E-state index in [2.05, 4.69) is 5.32 Å². The fourth-order valence-electron chi connectivity index (χ4n) is 3.59. The van der Waals surface area contributed by atoms with Gasteiger partial charge < -0.3 is 14.5 Å². The number of amides is 1. The number of esters is 1. The number of non-ortho nitro benzene ring substituents is 1. The van der Waals surface area contributed by atoms with Gasteiger partial charge in [-0.3, -0.25) is 19.7 Å². The molecule has 0 aliphatic carbocycles. The molecular weight excluding hydrogens is 452 g/mol. The SMILES string of the molecule is Cc1ccc([N+](=O)[O-])cc1NC(=O)COC(=O)c1cccc2c(=O)c(C)c(-c3ccccc3)oc12. The van der Waals surface area contributed by atoms with Crippen molar-refractivity contribution in [3.05, 3.63) is 104 Å². The number of benzene rings is 3. The van der Waals surface area contributed by atoms with Crippen molar-refractivity contribution in [2.45, 2.75) is 13.8 Å². The van der Waals surface area contributed by atoms with Crippen molar-refractivity contribution < 1.29 is 23.7 Å². The quantitative estimate of drug-likeness (QED) is 0.243. The number of nitrogens with zero attached hydrogens (tertiary/aromatic N) is 1. The van der Waals surface area contributed by atoms with Gasteiger partial charge in [-0.2, -0.15) is 0 Å². The number of carbonyl (C=O) groups excluding carboxylic acids is 2. The van der Waals surface area contributed by atoms with Crippen molar-refractivity contribution in [2.75, 3.05) is 11.9 Å². The molecule has 1 aromatic heterocycles. The van der Waals surface area contributed by atoms with Crippen LogP contribution < -0.4 is 10.7 Å². The van der Waals surface area contributed by atoms with Crippen molar-refractivity contribution in [3.8, 4) is 11.3 Å². The van der Waals surface area contributed by atoms with E-state index in [1.165, 1.54) is 30.3 Å². The van der Waals surface area contributed by atoms with Crippen LogP contribution in [0.25, 0.3) is 22.3 Å². The number of fused-ring (bicyclic) bond motifs is 1. The molecule has 0 spiro atoms. The van der Waals surface area contributed by atoms with Gasteiger partial charge >= 0.3 is 5.97 Å². The number of nitro groups is 1. The summed E-state index contributed by atoms with van der Waals surface area (Å²) in [6, 6.07) is 17.6. The lowest BCUT2D eigenvalue weighted by Crippen LogP contribution is -2.21. The second-order valence-corrected chi connectivity index (χ2v) is 7.81. The Morgan fingerprint density at radius 1 is 1.03 bits per heavy atom. The summed E-state index contributed by atoms with van der Waals surface area (Å²) in [4.78, 5) is 48.5. The fraction of sp³-hybridized carbons (Fsp3) is 0.115. The van der Waals surface area contributed by atoms with E-state index in [0.717, 1.165) is 0 Å². The molecule has 0 atom stereocenters. The van der Waals surface area contributed by atoms with Crippen LogP contribution >= 0.6 is 0 Å². The lowest BCUT2D eigenvalue weighted by Gasteiger charge is -2.11. The van der Waals surface area contributed by atoms with E-state index >= 15 is 0 Å². The monoisotopic (exact) mass is 472 g/mol. The van der Waals surface area contributed by atoms with Gasteiger partial charge in [0.1, 0.15) is 11.3 Å². The number of hydrogen-bond acceptors (Lipinski definition) is 7. The second-order valence-electron chi connectivity index (χ2n) is 7.81. The van der Waals surface area contributed by atoms with Crippen molar-refractivity contribution >= 4 is 34.2 Å². The minimum Gasteiger partial charge on any atom is -0.455 e. The Hall–Kier alpha value is -4.79. The number of aryl methyl sites for hydroxylation is 1. The van der Waals surface area contributed by atoms with E-state index in [0.29, 0.717) is 22.5 Å². The number of anilines is 1. The van der Waals surface area contributed by atoms with Crippen molar-refractivity contribution in [1.82, 2.24) is 0 Å². The highest BCUT2D eigenvalue weighted by molar-refractivity contribution is 6.03. The maximum absolute atomic E-state index is 12.9. The predicted octanol–water partition coefficient (Wildman–Crippen LogP) is 4.78. The van der Waals surface area contributed by atoms with Gasteiger partial charge in [0, 0.05) is 23.3 Å². The Balaban J connectivity index is 1.58. The van der Waals surface area contributed by atoms with Crippen LogP contribution in [0, 0.1) is 24.0 Å². The van der Waals surface area contributed by atoms with E-state index in [-0.39, 0.29) is 33.3 Å². The fourth-order valence-corrected chi connectivity index (χ4v) is 3.59.